The number of aryl methyl sites for hydroxylation is 1. The first-order valence-corrected chi connectivity index (χ1v) is 5.97. The molecule has 0 aliphatic heterocycles. The van der Waals surface area contributed by atoms with Crippen LogP contribution in [0.4, 0.5) is 4.39 Å². The van der Waals surface area contributed by atoms with Gasteiger partial charge in [0.2, 0.25) is 0 Å². The molecule has 0 aliphatic rings. The van der Waals surface area contributed by atoms with Crippen LogP contribution in [-0.4, -0.2) is 0 Å². The van der Waals surface area contributed by atoms with Gasteiger partial charge in [-0.25, -0.2) is 4.39 Å². The van der Waals surface area contributed by atoms with Gasteiger partial charge in [0.25, 0.3) is 0 Å². The maximum absolute atomic E-state index is 13.2. The van der Waals surface area contributed by atoms with Crippen LogP contribution >= 0.6 is 11.6 Å². The highest BCUT2D eigenvalue weighted by atomic mass is 35.5. The van der Waals surface area contributed by atoms with E-state index in [1.54, 1.807) is 6.07 Å². The molecule has 2 aromatic carbocycles. The fourth-order valence-electron chi connectivity index (χ4n) is 1.68. The molecule has 0 N–H and O–H groups in total. The molecular weight excluding hydrogens is 223 g/mol. The van der Waals surface area contributed by atoms with E-state index in [0.29, 0.717) is 0 Å². The number of hydrogen-bond acceptors (Lipinski definition) is 0. The predicted molar refractivity (Wildman–Crippen MR) is 69.6 cm³/mol. The van der Waals surface area contributed by atoms with Crippen molar-refractivity contribution in [1.82, 2.24) is 0 Å². The summed E-state index contributed by atoms with van der Waals surface area (Å²) in [7, 11) is 0. The van der Waals surface area contributed by atoms with Gasteiger partial charge >= 0.3 is 0 Å². The van der Waals surface area contributed by atoms with Gasteiger partial charge in [-0.05, 0) is 23.4 Å². The smallest absolute Gasteiger partial charge is 0.142 e. The molecular formula is C14H16ClF. The average molecular weight is 239 g/mol. The first kappa shape index (κ1) is 13.0. The molecule has 2 aromatic rings. The van der Waals surface area contributed by atoms with E-state index in [4.69, 9.17) is 11.6 Å². The first-order valence-electron chi connectivity index (χ1n) is 5.59. The predicted octanol–water partition coefficient (Wildman–Crippen LogP) is 5.22. The van der Waals surface area contributed by atoms with Crippen molar-refractivity contribution in [1.29, 1.82) is 0 Å². The summed E-state index contributed by atoms with van der Waals surface area (Å²) >= 11 is 5.93. The van der Waals surface area contributed by atoms with Gasteiger partial charge in [-0.1, -0.05) is 56.6 Å². The summed E-state index contributed by atoms with van der Waals surface area (Å²) in [6.45, 7) is 6.04. The molecule has 0 saturated heterocycles. The molecule has 0 saturated carbocycles. The van der Waals surface area contributed by atoms with Crippen molar-refractivity contribution in [3.8, 4) is 0 Å². The second kappa shape index (κ2) is 5.86. The zero-order chi connectivity index (χ0) is 12.1. The van der Waals surface area contributed by atoms with Crippen molar-refractivity contribution >= 4 is 22.4 Å². The van der Waals surface area contributed by atoms with Crippen LogP contribution < -0.4 is 0 Å². The van der Waals surface area contributed by atoms with E-state index >= 15 is 0 Å². The summed E-state index contributed by atoms with van der Waals surface area (Å²) in [5.41, 5.74) is 1.09. The summed E-state index contributed by atoms with van der Waals surface area (Å²) in [4.78, 5) is 0. The Morgan fingerprint density at radius 1 is 1.12 bits per heavy atom. The molecule has 0 heterocycles. The Bertz CT molecular complexity index is 477. The van der Waals surface area contributed by atoms with Crippen LogP contribution in [0.15, 0.2) is 30.3 Å². The second-order valence-corrected chi connectivity index (χ2v) is 3.61. The standard InChI is InChI=1S/C12H10ClF.C2H6/c1-2-8-4-3-5-9-6-7-10(14)12(13)11(8)9;1-2/h3-7H,2H2,1H3;1-2H3. The normalized spacial score (nSPS) is 9.81. The molecule has 0 fully saturated rings. The summed E-state index contributed by atoms with van der Waals surface area (Å²) in [5, 5.41) is 2.08. The maximum Gasteiger partial charge on any atom is 0.142 e. The zero-order valence-electron chi connectivity index (χ0n) is 9.85. The van der Waals surface area contributed by atoms with Crippen molar-refractivity contribution < 1.29 is 4.39 Å². The zero-order valence-corrected chi connectivity index (χ0v) is 10.6. The van der Waals surface area contributed by atoms with Crippen molar-refractivity contribution in [2.45, 2.75) is 27.2 Å². The van der Waals surface area contributed by atoms with Crippen LogP contribution in [-0.2, 0) is 6.42 Å². The summed E-state index contributed by atoms with van der Waals surface area (Å²) in [6.07, 6.45) is 0.862. The van der Waals surface area contributed by atoms with E-state index in [1.165, 1.54) is 6.07 Å². The van der Waals surface area contributed by atoms with Crippen LogP contribution in [0.3, 0.4) is 0 Å². The van der Waals surface area contributed by atoms with Gasteiger partial charge in [-0.15, -0.1) is 0 Å². The van der Waals surface area contributed by atoms with Gasteiger partial charge in [0.15, 0.2) is 0 Å². The Morgan fingerprint density at radius 3 is 2.44 bits per heavy atom. The molecule has 0 aliphatic carbocycles. The topological polar surface area (TPSA) is 0 Å². The molecule has 0 nitrogen and oxygen atoms in total. The lowest BCUT2D eigenvalue weighted by Crippen LogP contribution is -1.87. The summed E-state index contributed by atoms with van der Waals surface area (Å²) in [6, 6.07) is 9.06. The number of benzene rings is 2. The Hall–Kier alpha value is -1.08. The highest BCUT2D eigenvalue weighted by Gasteiger charge is 2.07. The molecule has 0 radical (unpaired) electrons. The van der Waals surface area contributed by atoms with Crippen molar-refractivity contribution in [3.05, 3.63) is 46.7 Å². The minimum Gasteiger partial charge on any atom is -0.205 e. The number of halogens is 2. The molecule has 2 heteroatoms. The van der Waals surface area contributed by atoms with Crippen molar-refractivity contribution in [2.24, 2.45) is 0 Å². The lowest BCUT2D eigenvalue weighted by Gasteiger charge is -2.06. The van der Waals surface area contributed by atoms with Gasteiger partial charge < -0.3 is 0 Å². The molecule has 0 spiro atoms. The Kier molecular flexibility index (Phi) is 4.75. The van der Waals surface area contributed by atoms with Crippen LogP contribution in [0, 0.1) is 5.82 Å². The molecule has 86 valence electrons. The van der Waals surface area contributed by atoms with E-state index in [9.17, 15) is 4.39 Å². The van der Waals surface area contributed by atoms with E-state index in [1.807, 2.05) is 39.0 Å². The Morgan fingerprint density at radius 2 is 1.81 bits per heavy atom. The molecule has 2 rings (SSSR count). The van der Waals surface area contributed by atoms with Crippen molar-refractivity contribution in [2.75, 3.05) is 0 Å². The quantitative estimate of drug-likeness (QED) is 0.639. The summed E-state index contributed by atoms with van der Waals surface area (Å²) in [5.74, 6) is -0.347. The molecule has 0 unspecified atom stereocenters. The lowest BCUT2D eigenvalue weighted by atomic mass is 10.0. The number of rotatable bonds is 1. The average Bonchev–Trinajstić information content (AvgIpc) is 2.35. The third-order valence-corrected chi connectivity index (χ3v) is 2.77. The number of fused-ring (bicyclic) bond motifs is 1. The summed E-state index contributed by atoms with van der Waals surface area (Å²) < 4.78 is 13.2. The van der Waals surface area contributed by atoms with Gasteiger partial charge in [0, 0.05) is 5.39 Å². The van der Waals surface area contributed by atoms with Crippen LogP contribution in [0.25, 0.3) is 10.8 Å². The molecule has 0 aromatic heterocycles. The monoisotopic (exact) mass is 238 g/mol. The fraction of sp³-hybridized carbons (Fsp3) is 0.286. The highest BCUT2D eigenvalue weighted by Crippen LogP contribution is 2.29. The highest BCUT2D eigenvalue weighted by molar-refractivity contribution is 6.36. The van der Waals surface area contributed by atoms with Gasteiger partial charge in [-0.2, -0.15) is 0 Å². The molecule has 16 heavy (non-hydrogen) atoms. The molecule has 0 bridgehead atoms. The van der Waals surface area contributed by atoms with Crippen LogP contribution in [0.1, 0.15) is 26.3 Å². The van der Waals surface area contributed by atoms with Crippen LogP contribution in [0.5, 0.6) is 0 Å². The lowest BCUT2D eigenvalue weighted by molar-refractivity contribution is 0.630. The van der Waals surface area contributed by atoms with E-state index < -0.39 is 0 Å². The Balaban J connectivity index is 0.000000606. The fourth-order valence-corrected chi connectivity index (χ4v) is 1.97. The number of hydrogen-bond donors (Lipinski definition) is 0. The SMILES string of the molecule is CC.CCc1cccc2ccc(F)c(Cl)c12. The third kappa shape index (κ3) is 2.35. The molecule has 0 atom stereocenters. The third-order valence-electron chi connectivity index (χ3n) is 2.40. The van der Waals surface area contributed by atoms with Crippen molar-refractivity contribution in [3.63, 3.8) is 0 Å². The van der Waals surface area contributed by atoms with E-state index in [2.05, 4.69) is 0 Å². The van der Waals surface area contributed by atoms with Gasteiger partial charge in [-0.3, -0.25) is 0 Å². The van der Waals surface area contributed by atoms with E-state index in [0.717, 1.165) is 22.8 Å². The minimum atomic E-state index is -0.347. The second-order valence-electron chi connectivity index (χ2n) is 3.23. The largest absolute Gasteiger partial charge is 0.205 e. The Labute approximate surface area is 101 Å². The van der Waals surface area contributed by atoms with Gasteiger partial charge in [0.1, 0.15) is 5.82 Å². The first-order chi connectivity index (χ1) is 7.74. The van der Waals surface area contributed by atoms with E-state index in [-0.39, 0.29) is 10.8 Å². The van der Waals surface area contributed by atoms with Crippen LogP contribution in [0.2, 0.25) is 5.02 Å². The maximum atomic E-state index is 13.2. The minimum absolute atomic E-state index is 0.236. The molecule has 0 amide bonds. The van der Waals surface area contributed by atoms with Gasteiger partial charge in [0.05, 0.1) is 5.02 Å².